The molecule has 2 N–H and O–H groups in total. The van der Waals surface area contributed by atoms with Crippen LogP contribution in [0.4, 0.5) is 0 Å². The third-order valence-electron chi connectivity index (χ3n) is 3.35. The van der Waals surface area contributed by atoms with Gasteiger partial charge in [0.25, 0.3) is 0 Å². The van der Waals surface area contributed by atoms with Gasteiger partial charge in [0.15, 0.2) is 0 Å². The van der Waals surface area contributed by atoms with Crippen LogP contribution >= 0.6 is 11.3 Å². The normalized spacial score (nSPS) is 17.9. The van der Waals surface area contributed by atoms with Crippen LogP contribution in [0.25, 0.3) is 0 Å². The van der Waals surface area contributed by atoms with Gasteiger partial charge in [-0.25, -0.2) is 0 Å². The quantitative estimate of drug-likeness (QED) is 0.791. The van der Waals surface area contributed by atoms with Crippen molar-refractivity contribution in [2.75, 3.05) is 6.54 Å². The Morgan fingerprint density at radius 3 is 2.94 bits per heavy atom. The Morgan fingerprint density at radius 2 is 2.38 bits per heavy atom. The van der Waals surface area contributed by atoms with Crippen LogP contribution in [0.5, 0.6) is 0 Å². The summed E-state index contributed by atoms with van der Waals surface area (Å²) in [5, 5.41) is 4.44. The lowest BCUT2D eigenvalue weighted by molar-refractivity contribution is 0.179. The van der Waals surface area contributed by atoms with Crippen LogP contribution in [-0.2, 0) is 6.54 Å². The molecular weight excluding hydrogens is 216 g/mol. The van der Waals surface area contributed by atoms with Gasteiger partial charge in [-0.2, -0.15) is 11.3 Å². The second-order valence-corrected chi connectivity index (χ2v) is 5.60. The minimum Gasteiger partial charge on any atom is -0.330 e. The Labute approximate surface area is 102 Å². The molecule has 0 radical (unpaired) electrons. The van der Waals surface area contributed by atoms with E-state index in [1.807, 2.05) is 0 Å². The lowest BCUT2D eigenvalue weighted by Gasteiger charge is -2.28. The second-order valence-electron chi connectivity index (χ2n) is 4.82. The molecule has 1 saturated carbocycles. The molecule has 0 aromatic carbocycles. The zero-order valence-electron chi connectivity index (χ0n) is 10.1. The van der Waals surface area contributed by atoms with E-state index in [-0.39, 0.29) is 0 Å². The van der Waals surface area contributed by atoms with Crippen molar-refractivity contribution in [1.29, 1.82) is 0 Å². The molecule has 16 heavy (non-hydrogen) atoms. The van der Waals surface area contributed by atoms with Gasteiger partial charge in [-0.3, -0.25) is 4.90 Å². The number of thiophene rings is 1. The van der Waals surface area contributed by atoms with E-state index in [1.165, 1.54) is 24.8 Å². The fourth-order valence-corrected chi connectivity index (χ4v) is 2.88. The molecule has 1 unspecified atom stereocenters. The summed E-state index contributed by atoms with van der Waals surface area (Å²) < 4.78 is 0. The van der Waals surface area contributed by atoms with E-state index in [2.05, 4.69) is 28.7 Å². The van der Waals surface area contributed by atoms with E-state index in [9.17, 15) is 0 Å². The molecule has 1 aliphatic carbocycles. The molecule has 0 aliphatic heterocycles. The van der Waals surface area contributed by atoms with Crippen molar-refractivity contribution in [2.45, 2.75) is 51.2 Å². The van der Waals surface area contributed by atoms with Gasteiger partial charge in [-0.05, 0) is 61.5 Å². The maximum absolute atomic E-state index is 5.59. The van der Waals surface area contributed by atoms with Crippen molar-refractivity contribution >= 4 is 11.3 Å². The Hall–Kier alpha value is -0.380. The van der Waals surface area contributed by atoms with Crippen LogP contribution in [0.2, 0.25) is 0 Å². The maximum Gasteiger partial charge on any atom is 0.0247 e. The van der Waals surface area contributed by atoms with Crippen molar-refractivity contribution in [1.82, 2.24) is 4.90 Å². The molecule has 1 heterocycles. The molecule has 2 rings (SSSR count). The van der Waals surface area contributed by atoms with E-state index in [4.69, 9.17) is 5.73 Å². The Balaban J connectivity index is 1.89. The predicted octanol–water partition coefficient (Wildman–Crippen LogP) is 2.84. The van der Waals surface area contributed by atoms with E-state index in [0.717, 1.165) is 25.6 Å². The van der Waals surface area contributed by atoms with Crippen LogP contribution < -0.4 is 5.73 Å². The number of rotatable bonds is 7. The topological polar surface area (TPSA) is 29.3 Å². The number of hydrogen-bond donors (Lipinski definition) is 1. The van der Waals surface area contributed by atoms with E-state index >= 15 is 0 Å². The van der Waals surface area contributed by atoms with Crippen LogP contribution in [0.1, 0.15) is 38.2 Å². The standard InChI is InChI=1S/C13H22N2S/c1-11(3-2-7-14)15(13-4-5-13)9-12-6-8-16-10-12/h6,8,10-11,13H,2-5,7,9,14H2,1H3. The van der Waals surface area contributed by atoms with Gasteiger partial charge in [-0.1, -0.05) is 0 Å². The Bertz CT molecular complexity index is 293. The number of hydrogen-bond acceptors (Lipinski definition) is 3. The van der Waals surface area contributed by atoms with Gasteiger partial charge in [0, 0.05) is 18.6 Å². The van der Waals surface area contributed by atoms with Crippen molar-refractivity contribution in [3.05, 3.63) is 22.4 Å². The maximum atomic E-state index is 5.59. The summed E-state index contributed by atoms with van der Waals surface area (Å²) in [6, 6.07) is 3.76. The zero-order chi connectivity index (χ0) is 11.4. The molecule has 0 spiro atoms. The average molecular weight is 238 g/mol. The van der Waals surface area contributed by atoms with E-state index in [1.54, 1.807) is 11.3 Å². The highest BCUT2D eigenvalue weighted by atomic mass is 32.1. The summed E-state index contributed by atoms with van der Waals surface area (Å²) in [7, 11) is 0. The number of nitrogens with zero attached hydrogens (tertiary/aromatic N) is 1. The van der Waals surface area contributed by atoms with Crippen molar-refractivity contribution in [3.8, 4) is 0 Å². The molecule has 0 saturated heterocycles. The summed E-state index contributed by atoms with van der Waals surface area (Å²) in [5.41, 5.74) is 7.06. The molecule has 0 amide bonds. The SMILES string of the molecule is CC(CCCN)N(Cc1ccsc1)C1CC1. The van der Waals surface area contributed by atoms with Gasteiger partial charge < -0.3 is 5.73 Å². The lowest BCUT2D eigenvalue weighted by atomic mass is 10.1. The second kappa shape index (κ2) is 5.80. The minimum absolute atomic E-state index is 0.677. The molecule has 1 aliphatic rings. The van der Waals surface area contributed by atoms with Gasteiger partial charge in [0.05, 0.1) is 0 Å². The largest absolute Gasteiger partial charge is 0.330 e. The molecule has 3 heteroatoms. The highest BCUT2D eigenvalue weighted by molar-refractivity contribution is 7.07. The van der Waals surface area contributed by atoms with Crippen LogP contribution in [0, 0.1) is 0 Å². The number of nitrogens with two attached hydrogens (primary N) is 1. The van der Waals surface area contributed by atoms with Gasteiger partial charge in [0.1, 0.15) is 0 Å². The van der Waals surface area contributed by atoms with Gasteiger partial charge in [-0.15, -0.1) is 0 Å². The molecule has 1 fully saturated rings. The van der Waals surface area contributed by atoms with Crippen LogP contribution in [0.3, 0.4) is 0 Å². The van der Waals surface area contributed by atoms with Crippen molar-refractivity contribution in [2.24, 2.45) is 5.73 Å². The Kier molecular flexibility index (Phi) is 4.38. The smallest absolute Gasteiger partial charge is 0.0247 e. The highest BCUT2D eigenvalue weighted by Gasteiger charge is 2.31. The van der Waals surface area contributed by atoms with E-state index < -0.39 is 0 Å². The summed E-state index contributed by atoms with van der Waals surface area (Å²) in [4.78, 5) is 2.66. The van der Waals surface area contributed by atoms with Crippen molar-refractivity contribution in [3.63, 3.8) is 0 Å². The zero-order valence-corrected chi connectivity index (χ0v) is 10.9. The first-order valence-corrected chi connectivity index (χ1v) is 7.22. The first kappa shape index (κ1) is 12.1. The lowest BCUT2D eigenvalue weighted by Crippen LogP contribution is -2.34. The summed E-state index contributed by atoms with van der Waals surface area (Å²) in [6.07, 6.45) is 5.15. The van der Waals surface area contributed by atoms with Gasteiger partial charge >= 0.3 is 0 Å². The molecular formula is C13H22N2S. The fourth-order valence-electron chi connectivity index (χ4n) is 2.22. The first-order valence-electron chi connectivity index (χ1n) is 6.28. The van der Waals surface area contributed by atoms with E-state index in [0.29, 0.717) is 6.04 Å². The first-order chi connectivity index (χ1) is 7.81. The summed E-state index contributed by atoms with van der Waals surface area (Å²) >= 11 is 1.80. The third kappa shape index (κ3) is 3.30. The summed E-state index contributed by atoms with van der Waals surface area (Å²) in [6.45, 7) is 4.29. The monoisotopic (exact) mass is 238 g/mol. The van der Waals surface area contributed by atoms with Crippen LogP contribution in [-0.4, -0.2) is 23.5 Å². The predicted molar refractivity (Wildman–Crippen MR) is 70.6 cm³/mol. The van der Waals surface area contributed by atoms with Crippen molar-refractivity contribution < 1.29 is 0 Å². The molecule has 1 atom stereocenters. The third-order valence-corrected chi connectivity index (χ3v) is 4.09. The average Bonchev–Trinajstić information content (AvgIpc) is 3.00. The molecule has 1 aromatic heterocycles. The minimum atomic E-state index is 0.677. The van der Waals surface area contributed by atoms with Gasteiger partial charge in [0.2, 0.25) is 0 Å². The fraction of sp³-hybridized carbons (Fsp3) is 0.692. The molecule has 1 aromatic rings. The molecule has 2 nitrogen and oxygen atoms in total. The molecule has 90 valence electrons. The summed E-state index contributed by atoms with van der Waals surface area (Å²) in [5.74, 6) is 0. The highest BCUT2D eigenvalue weighted by Crippen LogP contribution is 2.31. The van der Waals surface area contributed by atoms with Crippen LogP contribution in [0.15, 0.2) is 16.8 Å². The molecule has 0 bridgehead atoms. The Morgan fingerprint density at radius 1 is 1.56 bits per heavy atom.